The second kappa shape index (κ2) is 8.88. The minimum atomic E-state index is 0.0133. The van der Waals surface area contributed by atoms with Crippen LogP contribution in [0.15, 0.2) is 59.6 Å². The number of carbonyl (C=O) groups is 1. The number of halogens is 1. The van der Waals surface area contributed by atoms with Crippen LogP contribution in [0.3, 0.4) is 0 Å². The van der Waals surface area contributed by atoms with E-state index in [9.17, 15) is 4.79 Å². The average molecular weight is 401 g/mol. The van der Waals surface area contributed by atoms with Gasteiger partial charge in [-0.2, -0.15) is 0 Å². The molecule has 0 aliphatic carbocycles. The molecule has 0 N–H and O–H groups in total. The summed E-state index contributed by atoms with van der Waals surface area (Å²) >= 11 is 7.18. The molecule has 5 nitrogen and oxygen atoms in total. The molecule has 1 heterocycles. The maximum absolute atomic E-state index is 12.2. The van der Waals surface area contributed by atoms with E-state index in [0.717, 1.165) is 5.56 Å². The Morgan fingerprint density at radius 1 is 1.00 bits per heavy atom. The zero-order valence-electron chi connectivity index (χ0n) is 14.8. The molecule has 0 saturated carbocycles. The van der Waals surface area contributed by atoms with E-state index in [2.05, 4.69) is 10.2 Å². The van der Waals surface area contributed by atoms with Crippen molar-refractivity contribution in [3.8, 4) is 22.8 Å². The predicted octanol–water partition coefficient (Wildman–Crippen LogP) is 4.79. The molecule has 0 amide bonds. The summed E-state index contributed by atoms with van der Waals surface area (Å²) in [6.45, 7) is 0. The zero-order valence-corrected chi connectivity index (χ0v) is 16.4. The van der Waals surface area contributed by atoms with Crippen LogP contribution in [-0.2, 0) is 0 Å². The molecule has 1 aromatic heterocycles. The lowest BCUT2D eigenvalue weighted by molar-refractivity contribution is 0.102. The molecule has 138 valence electrons. The number of thioether (sulfide) groups is 1. The van der Waals surface area contributed by atoms with E-state index in [1.54, 1.807) is 44.6 Å². The van der Waals surface area contributed by atoms with E-state index in [1.165, 1.54) is 11.8 Å². The largest absolute Gasteiger partial charge is 0.497 e. The van der Waals surface area contributed by atoms with Gasteiger partial charge in [-0.3, -0.25) is 4.79 Å². The normalized spacial score (nSPS) is 10.5. The van der Waals surface area contributed by atoms with Crippen molar-refractivity contribution in [2.24, 2.45) is 0 Å². The Kier molecular flexibility index (Phi) is 6.32. The molecule has 0 fully saturated rings. The molecule has 0 atom stereocenters. The van der Waals surface area contributed by atoms with Gasteiger partial charge in [0.1, 0.15) is 16.5 Å². The Balaban J connectivity index is 1.68. The highest BCUT2D eigenvalue weighted by Gasteiger charge is 2.11. The van der Waals surface area contributed by atoms with E-state index in [-0.39, 0.29) is 11.5 Å². The summed E-state index contributed by atoms with van der Waals surface area (Å²) in [4.78, 5) is 12.2. The average Bonchev–Trinajstić information content (AvgIpc) is 2.72. The molecule has 0 aliphatic heterocycles. The Bertz CT molecular complexity index is 931. The van der Waals surface area contributed by atoms with Crippen molar-refractivity contribution in [2.45, 2.75) is 5.03 Å². The minimum absolute atomic E-state index is 0.0133. The van der Waals surface area contributed by atoms with E-state index < -0.39 is 0 Å². The third-order valence-electron chi connectivity index (χ3n) is 3.84. The third-order valence-corrected chi connectivity index (χ3v) is 5.01. The van der Waals surface area contributed by atoms with Crippen LogP contribution in [0, 0.1) is 0 Å². The monoisotopic (exact) mass is 400 g/mol. The quantitative estimate of drug-likeness (QED) is 0.419. The second-order valence-corrected chi connectivity index (χ2v) is 6.97. The van der Waals surface area contributed by atoms with Gasteiger partial charge in [0.25, 0.3) is 0 Å². The fourth-order valence-corrected chi connectivity index (χ4v) is 3.24. The molecule has 2 aromatic carbocycles. The van der Waals surface area contributed by atoms with Crippen molar-refractivity contribution >= 4 is 29.1 Å². The molecular weight excluding hydrogens is 384 g/mol. The lowest BCUT2D eigenvalue weighted by Crippen LogP contribution is -2.02. The summed E-state index contributed by atoms with van der Waals surface area (Å²) in [6.07, 6.45) is 0. The van der Waals surface area contributed by atoms with Crippen LogP contribution in [0.4, 0.5) is 0 Å². The molecule has 7 heteroatoms. The number of nitrogens with zero attached hydrogens (tertiary/aromatic N) is 2. The Hall–Kier alpha value is -2.57. The van der Waals surface area contributed by atoms with Gasteiger partial charge in [0.2, 0.25) is 0 Å². The summed E-state index contributed by atoms with van der Waals surface area (Å²) < 4.78 is 10.6. The number of rotatable bonds is 7. The van der Waals surface area contributed by atoms with Crippen LogP contribution in [0.2, 0.25) is 5.02 Å². The number of carbonyl (C=O) groups excluding carboxylic acids is 1. The van der Waals surface area contributed by atoms with Gasteiger partial charge in [0, 0.05) is 22.2 Å². The standard InChI is InChI=1S/C20H17ClN2O3S/c1-25-15-7-8-16(19(11-15)26-2)17-9-10-20(23-22-17)27-12-18(24)13-3-5-14(21)6-4-13/h3-11H,12H2,1-2H3. The number of benzene rings is 2. The van der Waals surface area contributed by atoms with Crippen molar-refractivity contribution < 1.29 is 14.3 Å². The van der Waals surface area contributed by atoms with Crippen LogP contribution < -0.4 is 9.47 Å². The molecule has 0 unspecified atom stereocenters. The van der Waals surface area contributed by atoms with Crippen molar-refractivity contribution in [3.05, 3.63) is 65.2 Å². The Labute approximate surface area is 166 Å². The van der Waals surface area contributed by atoms with Crippen LogP contribution in [-0.4, -0.2) is 36.0 Å². The summed E-state index contributed by atoms with van der Waals surface area (Å²) in [5, 5.41) is 9.74. The van der Waals surface area contributed by atoms with Gasteiger partial charge >= 0.3 is 0 Å². The number of aromatic nitrogens is 2. The molecule has 0 aliphatic rings. The fraction of sp³-hybridized carbons (Fsp3) is 0.150. The Morgan fingerprint density at radius 2 is 1.78 bits per heavy atom. The summed E-state index contributed by atoms with van der Waals surface area (Å²) in [5.74, 6) is 1.65. The van der Waals surface area contributed by atoms with E-state index in [4.69, 9.17) is 21.1 Å². The molecule has 3 rings (SSSR count). The van der Waals surface area contributed by atoms with Crippen LogP contribution in [0.1, 0.15) is 10.4 Å². The molecular formula is C20H17ClN2O3S. The van der Waals surface area contributed by atoms with Gasteiger partial charge in [-0.1, -0.05) is 23.4 Å². The van der Waals surface area contributed by atoms with Crippen molar-refractivity contribution in [3.63, 3.8) is 0 Å². The predicted molar refractivity (Wildman–Crippen MR) is 107 cm³/mol. The molecule has 27 heavy (non-hydrogen) atoms. The van der Waals surface area contributed by atoms with Gasteiger partial charge in [0.15, 0.2) is 5.78 Å². The number of hydrogen-bond donors (Lipinski definition) is 0. The van der Waals surface area contributed by atoms with Gasteiger partial charge in [-0.25, -0.2) is 0 Å². The van der Waals surface area contributed by atoms with E-state index in [1.807, 2.05) is 24.3 Å². The Morgan fingerprint density at radius 3 is 2.41 bits per heavy atom. The number of Topliss-reactive ketones (excluding diaryl/α,β-unsaturated/α-hetero) is 1. The van der Waals surface area contributed by atoms with Gasteiger partial charge in [0.05, 0.1) is 25.7 Å². The SMILES string of the molecule is COc1ccc(-c2ccc(SCC(=O)c3ccc(Cl)cc3)nn2)c(OC)c1. The maximum atomic E-state index is 12.2. The smallest absolute Gasteiger partial charge is 0.173 e. The highest BCUT2D eigenvalue weighted by atomic mass is 35.5. The molecule has 0 radical (unpaired) electrons. The number of hydrogen-bond acceptors (Lipinski definition) is 6. The second-order valence-electron chi connectivity index (χ2n) is 5.54. The number of ketones is 1. The van der Waals surface area contributed by atoms with Gasteiger partial charge < -0.3 is 9.47 Å². The molecule has 0 saturated heterocycles. The highest BCUT2D eigenvalue weighted by molar-refractivity contribution is 7.99. The molecule has 0 spiro atoms. The maximum Gasteiger partial charge on any atom is 0.173 e. The first kappa shape index (κ1) is 19.2. The van der Waals surface area contributed by atoms with Crippen molar-refractivity contribution in [1.29, 1.82) is 0 Å². The summed E-state index contributed by atoms with van der Waals surface area (Å²) in [7, 11) is 3.20. The van der Waals surface area contributed by atoms with Crippen LogP contribution in [0.5, 0.6) is 11.5 Å². The first-order valence-corrected chi connectivity index (χ1v) is 9.45. The summed E-state index contributed by atoms with van der Waals surface area (Å²) in [6, 6.07) is 16.0. The first-order valence-electron chi connectivity index (χ1n) is 8.08. The van der Waals surface area contributed by atoms with Crippen LogP contribution >= 0.6 is 23.4 Å². The zero-order chi connectivity index (χ0) is 19.2. The number of methoxy groups -OCH3 is 2. The lowest BCUT2D eigenvalue weighted by Gasteiger charge is -2.09. The minimum Gasteiger partial charge on any atom is -0.497 e. The molecule has 3 aromatic rings. The van der Waals surface area contributed by atoms with Gasteiger partial charge in [-0.15, -0.1) is 10.2 Å². The third kappa shape index (κ3) is 4.78. The molecule has 0 bridgehead atoms. The summed E-state index contributed by atoms with van der Waals surface area (Å²) in [5.41, 5.74) is 2.13. The first-order chi connectivity index (χ1) is 13.1. The van der Waals surface area contributed by atoms with Crippen molar-refractivity contribution in [2.75, 3.05) is 20.0 Å². The van der Waals surface area contributed by atoms with E-state index in [0.29, 0.717) is 32.8 Å². The van der Waals surface area contributed by atoms with Crippen molar-refractivity contribution in [1.82, 2.24) is 10.2 Å². The topological polar surface area (TPSA) is 61.3 Å². The fourth-order valence-electron chi connectivity index (χ4n) is 2.41. The van der Waals surface area contributed by atoms with Gasteiger partial charge in [-0.05, 0) is 48.5 Å². The van der Waals surface area contributed by atoms with E-state index >= 15 is 0 Å². The van der Waals surface area contributed by atoms with Crippen LogP contribution in [0.25, 0.3) is 11.3 Å². The highest BCUT2D eigenvalue weighted by Crippen LogP contribution is 2.32. The lowest BCUT2D eigenvalue weighted by atomic mass is 10.1. The number of ether oxygens (including phenoxy) is 2.